The number of hydrogen-bond donors (Lipinski definition) is 2. The van der Waals surface area contributed by atoms with Gasteiger partial charge in [-0.25, -0.2) is 4.98 Å². The summed E-state index contributed by atoms with van der Waals surface area (Å²) in [5, 5.41) is 16.0. The van der Waals surface area contributed by atoms with Crippen LogP contribution < -0.4 is 10.1 Å². The van der Waals surface area contributed by atoms with Crippen molar-refractivity contribution in [2.24, 2.45) is 0 Å². The van der Waals surface area contributed by atoms with E-state index < -0.39 is 6.10 Å². The summed E-state index contributed by atoms with van der Waals surface area (Å²) in [4.78, 5) is 19.5. The first-order valence-corrected chi connectivity index (χ1v) is 11.9. The number of fused-ring (bicyclic) bond motifs is 1. The minimum atomic E-state index is -0.490. The average Bonchev–Trinajstić information content (AvgIpc) is 3.29. The lowest BCUT2D eigenvalue weighted by molar-refractivity contribution is 0.0459. The smallest absolute Gasteiger partial charge is 0.251 e. The standard InChI is InChI=1S/C28H30N4O3/c1-19-14-32(18-29-19)26-10-9-23(12-27(26)35-2)28(34)30-24-13-25(33)17-31(16-24)15-20-7-8-21-5-3-4-6-22(21)11-20/h3-12,14,18,24-25,33H,13,15-17H2,1-2H3,(H,30,34). The molecule has 0 radical (unpaired) electrons. The molecule has 2 heterocycles. The number of rotatable bonds is 6. The van der Waals surface area contributed by atoms with Gasteiger partial charge in [0.15, 0.2) is 0 Å². The van der Waals surface area contributed by atoms with Gasteiger partial charge in [-0.15, -0.1) is 0 Å². The van der Waals surface area contributed by atoms with Gasteiger partial charge < -0.3 is 19.7 Å². The van der Waals surface area contributed by atoms with Crippen molar-refractivity contribution in [1.82, 2.24) is 19.8 Å². The molecule has 1 fully saturated rings. The highest BCUT2D eigenvalue weighted by molar-refractivity contribution is 5.95. The Bertz CT molecular complexity index is 1350. The van der Waals surface area contributed by atoms with Gasteiger partial charge in [0.1, 0.15) is 5.75 Å². The molecule has 2 unspecified atom stereocenters. The molecule has 0 aliphatic carbocycles. The van der Waals surface area contributed by atoms with Crippen LogP contribution in [-0.2, 0) is 6.54 Å². The van der Waals surface area contributed by atoms with Crippen LogP contribution in [0, 0.1) is 6.92 Å². The molecule has 7 heteroatoms. The van der Waals surface area contributed by atoms with Crippen molar-refractivity contribution in [2.45, 2.75) is 32.0 Å². The van der Waals surface area contributed by atoms with Crippen molar-refractivity contribution < 1.29 is 14.6 Å². The molecule has 1 aliphatic rings. The molecule has 0 saturated carbocycles. The Morgan fingerprint density at radius 2 is 1.94 bits per heavy atom. The summed E-state index contributed by atoms with van der Waals surface area (Å²) in [6.45, 7) is 3.92. The van der Waals surface area contributed by atoms with Crippen LogP contribution in [0.3, 0.4) is 0 Å². The zero-order chi connectivity index (χ0) is 24.4. The van der Waals surface area contributed by atoms with E-state index in [0.717, 1.165) is 17.9 Å². The van der Waals surface area contributed by atoms with Crippen molar-refractivity contribution in [1.29, 1.82) is 0 Å². The van der Waals surface area contributed by atoms with Crippen molar-refractivity contribution >= 4 is 16.7 Å². The fraction of sp³-hybridized carbons (Fsp3) is 0.286. The van der Waals surface area contributed by atoms with Gasteiger partial charge in [-0.05, 0) is 53.9 Å². The quantitative estimate of drug-likeness (QED) is 0.449. The number of methoxy groups -OCH3 is 1. The summed E-state index contributed by atoms with van der Waals surface area (Å²) in [6.07, 6.45) is 3.67. The third kappa shape index (κ3) is 5.21. The first kappa shape index (κ1) is 23.1. The molecule has 3 aromatic carbocycles. The second kappa shape index (κ2) is 9.90. The summed E-state index contributed by atoms with van der Waals surface area (Å²) in [5.74, 6) is 0.415. The number of aryl methyl sites for hydroxylation is 1. The Kier molecular flexibility index (Phi) is 6.53. The number of aliphatic hydroxyl groups is 1. The number of hydrogen-bond acceptors (Lipinski definition) is 5. The number of aliphatic hydroxyl groups excluding tert-OH is 1. The number of aromatic nitrogens is 2. The van der Waals surface area contributed by atoms with Crippen LogP contribution in [0.15, 0.2) is 73.2 Å². The predicted octanol–water partition coefficient (Wildman–Crippen LogP) is 3.71. The highest BCUT2D eigenvalue weighted by Gasteiger charge is 2.27. The van der Waals surface area contributed by atoms with Crippen molar-refractivity contribution in [3.05, 3.63) is 90.0 Å². The van der Waals surface area contributed by atoms with E-state index in [0.29, 0.717) is 30.8 Å². The average molecular weight is 471 g/mol. The van der Waals surface area contributed by atoms with E-state index in [9.17, 15) is 9.90 Å². The van der Waals surface area contributed by atoms with Crippen molar-refractivity contribution in [3.63, 3.8) is 0 Å². The lowest BCUT2D eigenvalue weighted by Crippen LogP contribution is -2.52. The van der Waals surface area contributed by atoms with E-state index >= 15 is 0 Å². The van der Waals surface area contributed by atoms with Gasteiger partial charge in [0.05, 0.1) is 30.9 Å². The second-order valence-electron chi connectivity index (χ2n) is 9.24. The van der Waals surface area contributed by atoms with Crippen LogP contribution in [0.5, 0.6) is 5.75 Å². The number of nitrogens with one attached hydrogen (secondary N) is 1. The topological polar surface area (TPSA) is 79.6 Å². The number of ether oxygens (including phenoxy) is 1. The monoisotopic (exact) mass is 470 g/mol. The molecule has 1 amide bonds. The maximum absolute atomic E-state index is 13.1. The number of benzene rings is 3. The minimum Gasteiger partial charge on any atom is -0.495 e. The maximum Gasteiger partial charge on any atom is 0.251 e. The van der Waals surface area contributed by atoms with E-state index in [2.05, 4.69) is 45.5 Å². The maximum atomic E-state index is 13.1. The number of nitrogens with zero attached hydrogens (tertiary/aromatic N) is 3. The van der Waals surface area contributed by atoms with E-state index in [1.54, 1.807) is 25.6 Å². The number of carbonyl (C=O) groups excluding carboxylic acids is 1. The lowest BCUT2D eigenvalue weighted by Gasteiger charge is -2.36. The Labute approximate surface area is 205 Å². The molecule has 1 aliphatic heterocycles. The molecular formula is C28H30N4O3. The lowest BCUT2D eigenvalue weighted by atomic mass is 10.0. The van der Waals surface area contributed by atoms with Crippen LogP contribution in [-0.4, -0.2) is 57.8 Å². The number of piperidine rings is 1. The van der Waals surface area contributed by atoms with Crippen molar-refractivity contribution in [2.75, 3.05) is 20.2 Å². The normalized spacial score (nSPS) is 18.5. The SMILES string of the molecule is COc1cc(C(=O)NC2CC(O)CN(Cc3ccc4ccccc4c3)C2)ccc1-n1cnc(C)c1. The molecular weight excluding hydrogens is 440 g/mol. The molecule has 0 spiro atoms. The van der Waals surface area contributed by atoms with E-state index in [1.165, 1.54) is 16.3 Å². The molecule has 0 bridgehead atoms. The fourth-order valence-corrected chi connectivity index (χ4v) is 4.84. The largest absolute Gasteiger partial charge is 0.495 e. The molecule has 2 N–H and O–H groups in total. The number of carbonyl (C=O) groups is 1. The highest BCUT2D eigenvalue weighted by Crippen LogP contribution is 2.25. The van der Waals surface area contributed by atoms with Gasteiger partial charge in [0.2, 0.25) is 0 Å². The first-order chi connectivity index (χ1) is 17.0. The van der Waals surface area contributed by atoms with E-state index in [4.69, 9.17) is 4.74 Å². The number of likely N-dealkylation sites (tertiary alicyclic amines) is 1. The van der Waals surface area contributed by atoms with Gasteiger partial charge in [-0.1, -0.05) is 36.4 Å². The Balaban J connectivity index is 1.27. The molecule has 180 valence electrons. The minimum absolute atomic E-state index is 0.145. The highest BCUT2D eigenvalue weighted by atomic mass is 16.5. The van der Waals surface area contributed by atoms with Gasteiger partial charge in [0.25, 0.3) is 5.91 Å². The molecule has 2 atom stereocenters. The molecule has 1 aromatic heterocycles. The van der Waals surface area contributed by atoms with Crippen LogP contribution >= 0.6 is 0 Å². The van der Waals surface area contributed by atoms with E-state index in [1.807, 2.05) is 35.9 Å². The Morgan fingerprint density at radius 3 is 2.71 bits per heavy atom. The summed E-state index contributed by atoms with van der Waals surface area (Å²) in [7, 11) is 1.59. The number of amides is 1. The Morgan fingerprint density at radius 1 is 1.11 bits per heavy atom. The Hall–Kier alpha value is -3.68. The van der Waals surface area contributed by atoms with Gasteiger partial charge in [-0.3, -0.25) is 9.69 Å². The fourth-order valence-electron chi connectivity index (χ4n) is 4.84. The van der Waals surface area contributed by atoms with Gasteiger partial charge in [0, 0.05) is 37.4 Å². The molecule has 35 heavy (non-hydrogen) atoms. The van der Waals surface area contributed by atoms with Gasteiger partial charge in [-0.2, -0.15) is 0 Å². The zero-order valence-electron chi connectivity index (χ0n) is 20.0. The van der Waals surface area contributed by atoms with Crippen LogP contribution in [0.2, 0.25) is 0 Å². The zero-order valence-corrected chi connectivity index (χ0v) is 20.0. The van der Waals surface area contributed by atoms with Crippen LogP contribution in [0.1, 0.15) is 28.0 Å². The summed E-state index contributed by atoms with van der Waals surface area (Å²) in [5.41, 5.74) is 3.43. The predicted molar refractivity (Wildman–Crippen MR) is 136 cm³/mol. The number of β-amino-alcohol motifs (C(OH)–C–C–N with tert-alkyl or cyclic N) is 1. The second-order valence-corrected chi connectivity index (χ2v) is 9.24. The van der Waals surface area contributed by atoms with Crippen LogP contribution in [0.25, 0.3) is 16.5 Å². The van der Waals surface area contributed by atoms with Gasteiger partial charge >= 0.3 is 0 Å². The molecule has 5 rings (SSSR count). The number of imidazole rings is 1. The third-order valence-corrected chi connectivity index (χ3v) is 6.49. The summed E-state index contributed by atoms with van der Waals surface area (Å²) < 4.78 is 7.42. The molecule has 7 nitrogen and oxygen atoms in total. The first-order valence-electron chi connectivity index (χ1n) is 11.9. The third-order valence-electron chi connectivity index (χ3n) is 6.49. The molecule has 4 aromatic rings. The molecule has 1 saturated heterocycles. The van der Waals surface area contributed by atoms with Crippen LogP contribution in [0.4, 0.5) is 0 Å². The van der Waals surface area contributed by atoms with Crippen molar-refractivity contribution in [3.8, 4) is 11.4 Å². The summed E-state index contributed by atoms with van der Waals surface area (Å²) in [6, 6.07) is 20.0. The van der Waals surface area contributed by atoms with E-state index in [-0.39, 0.29) is 11.9 Å². The summed E-state index contributed by atoms with van der Waals surface area (Å²) >= 11 is 0.